The van der Waals surface area contributed by atoms with Gasteiger partial charge in [0.05, 0.1) is 26.4 Å². The van der Waals surface area contributed by atoms with E-state index in [9.17, 15) is 43.2 Å². The number of hydrogen-bond acceptors (Lipinski definition) is 15. The van der Waals surface area contributed by atoms with Crippen molar-refractivity contribution in [3.63, 3.8) is 0 Å². The fourth-order valence-electron chi connectivity index (χ4n) is 10.9. The zero-order valence-corrected chi connectivity index (χ0v) is 65.4. The van der Waals surface area contributed by atoms with Crippen LogP contribution < -0.4 is 0 Å². The van der Waals surface area contributed by atoms with E-state index in [1.165, 1.54) is 116 Å². The number of allylic oxidation sites excluding steroid dienone is 12. The van der Waals surface area contributed by atoms with Gasteiger partial charge in [-0.25, -0.2) is 9.13 Å². The number of aliphatic hydroxyl groups excluding tert-OH is 1. The monoisotopic (exact) mass is 1450 g/mol. The van der Waals surface area contributed by atoms with Crippen molar-refractivity contribution in [3.8, 4) is 0 Å². The Morgan fingerprint density at radius 2 is 0.490 bits per heavy atom. The van der Waals surface area contributed by atoms with Crippen LogP contribution in [0.3, 0.4) is 0 Å². The van der Waals surface area contributed by atoms with Gasteiger partial charge in [0.25, 0.3) is 0 Å². The number of aliphatic hydroxyl groups is 1. The Hall–Kier alpha value is -3.50. The summed E-state index contributed by atoms with van der Waals surface area (Å²) >= 11 is 0. The van der Waals surface area contributed by atoms with E-state index in [2.05, 4.69) is 101 Å². The molecule has 0 aliphatic carbocycles. The van der Waals surface area contributed by atoms with Crippen molar-refractivity contribution in [1.82, 2.24) is 0 Å². The van der Waals surface area contributed by atoms with Gasteiger partial charge in [-0.3, -0.25) is 37.3 Å². The van der Waals surface area contributed by atoms with Gasteiger partial charge in [0, 0.05) is 25.7 Å². The van der Waals surface area contributed by atoms with Crippen molar-refractivity contribution in [2.45, 2.75) is 380 Å². The first-order valence-corrected chi connectivity index (χ1v) is 43.2. The third-order valence-electron chi connectivity index (χ3n) is 17.1. The SMILES string of the molecule is CCCCC/C=C\C/C=C/CCCCCCCC(=O)OC[C@H](COP(=O)(O)OC[C@H](O)COP(=O)(O)OC[C@@H](COC(=O)CCCCCCC/C=C\CCCCCCCC)OC(=O)CCCCCCC/C=C/C/C=C\CCCCC)OC(=O)CCCCCCCCCC/C=C\CCCCC. The average molecular weight is 1450 g/mol. The lowest BCUT2D eigenvalue weighted by Gasteiger charge is -2.21. The molecule has 2 unspecified atom stereocenters. The number of hydrogen-bond donors (Lipinski definition) is 3. The third-order valence-corrected chi connectivity index (χ3v) is 19.0. The largest absolute Gasteiger partial charge is 0.472 e. The van der Waals surface area contributed by atoms with Crippen LogP contribution in [0.2, 0.25) is 0 Å². The van der Waals surface area contributed by atoms with E-state index in [4.69, 9.17) is 37.0 Å². The summed E-state index contributed by atoms with van der Waals surface area (Å²) < 4.78 is 68.6. The smallest absolute Gasteiger partial charge is 0.462 e. The van der Waals surface area contributed by atoms with Crippen molar-refractivity contribution in [1.29, 1.82) is 0 Å². The number of phosphoric acid groups is 2. The molecule has 0 saturated heterocycles. The van der Waals surface area contributed by atoms with E-state index >= 15 is 0 Å². The highest BCUT2D eigenvalue weighted by atomic mass is 31.2. The first kappa shape index (κ1) is 96.5. The number of carbonyl (C=O) groups is 4. The zero-order chi connectivity index (χ0) is 73.2. The molecular weight excluding hydrogens is 1310 g/mol. The van der Waals surface area contributed by atoms with Gasteiger partial charge >= 0.3 is 39.5 Å². The topological polar surface area (TPSA) is 237 Å². The van der Waals surface area contributed by atoms with Gasteiger partial charge in [0.1, 0.15) is 19.3 Å². The van der Waals surface area contributed by atoms with Crippen LogP contribution in [0.5, 0.6) is 0 Å². The van der Waals surface area contributed by atoms with E-state index < -0.39 is 97.5 Å². The Kier molecular flexibility index (Phi) is 71.2. The Labute approximate surface area is 609 Å². The molecule has 0 saturated carbocycles. The highest BCUT2D eigenvalue weighted by Gasteiger charge is 2.30. The molecule has 0 fully saturated rings. The van der Waals surface area contributed by atoms with Gasteiger partial charge in [-0.2, -0.15) is 0 Å². The summed E-state index contributed by atoms with van der Waals surface area (Å²) in [6.45, 7) is 4.81. The Morgan fingerprint density at radius 1 is 0.280 bits per heavy atom. The molecule has 0 rings (SSSR count). The maximum Gasteiger partial charge on any atom is 0.472 e. The second-order valence-electron chi connectivity index (χ2n) is 27.0. The first-order valence-electron chi connectivity index (χ1n) is 40.2. The summed E-state index contributed by atoms with van der Waals surface area (Å²) in [5.74, 6) is -2.19. The molecule has 19 heteroatoms. The van der Waals surface area contributed by atoms with Gasteiger partial charge in [0.15, 0.2) is 12.2 Å². The summed E-state index contributed by atoms with van der Waals surface area (Å²) in [6.07, 6.45) is 74.4. The van der Waals surface area contributed by atoms with Crippen molar-refractivity contribution >= 4 is 39.5 Å². The normalized spacial score (nSPS) is 14.3. The van der Waals surface area contributed by atoms with Gasteiger partial charge in [-0.1, -0.05) is 268 Å². The molecule has 0 amide bonds. The number of rotatable bonds is 76. The molecule has 3 N–H and O–H groups in total. The zero-order valence-electron chi connectivity index (χ0n) is 63.6. The highest BCUT2D eigenvalue weighted by Crippen LogP contribution is 2.45. The highest BCUT2D eigenvalue weighted by molar-refractivity contribution is 7.47. The molecule has 0 radical (unpaired) electrons. The molecule has 0 spiro atoms. The Morgan fingerprint density at radius 3 is 0.770 bits per heavy atom. The number of unbranched alkanes of at least 4 members (excludes halogenated alkanes) is 38. The standard InChI is InChI=1S/C81H146O17P2/c1-5-9-13-17-21-25-29-33-37-41-45-49-53-57-61-65-78(83)91-71-76(97-80(85)67-63-59-55-51-47-43-39-35-31-27-23-19-15-11-7-3)73-95-99(87,88)93-69-75(82)70-94-100(89,90)96-74-77(98-81(86)68-64-60-56-52-48-44-40-36-32-28-24-20-16-12-8-4)72-92-79(84)66-62-58-54-50-46-42-38-34-30-26-22-18-14-10-6-2/h21,23-25,27-28,33-34,36-38,40,75-77,82H,5-20,22,26,29-32,35,39,41-74H2,1-4H3,(H,87,88)(H,89,90)/b25-21-,27-23-,28-24-,37-33+,38-34-,40-36+/t75-,76+,77+/m0/s1. The van der Waals surface area contributed by atoms with Crippen molar-refractivity contribution in [3.05, 3.63) is 72.9 Å². The Balaban J connectivity index is 5.36. The van der Waals surface area contributed by atoms with Crippen LogP contribution >= 0.6 is 15.6 Å². The molecule has 0 heterocycles. The van der Waals surface area contributed by atoms with E-state index in [1.54, 1.807) is 0 Å². The van der Waals surface area contributed by atoms with Crippen LogP contribution in [0, 0.1) is 0 Å². The minimum Gasteiger partial charge on any atom is -0.462 e. The molecule has 100 heavy (non-hydrogen) atoms. The molecule has 0 aliphatic heterocycles. The van der Waals surface area contributed by atoms with Gasteiger partial charge in [-0.05, 0) is 141 Å². The molecule has 582 valence electrons. The molecule has 5 atom stereocenters. The summed E-state index contributed by atoms with van der Waals surface area (Å²) in [6, 6.07) is 0. The lowest BCUT2D eigenvalue weighted by molar-refractivity contribution is -0.161. The predicted octanol–water partition coefficient (Wildman–Crippen LogP) is 23.2. The van der Waals surface area contributed by atoms with Crippen LogP contribution in [0.25, 0.3) is 0 Å². The van der Waals surface area contributed by atoms with Crippen LogP contribution in [-0.2, 0) is 65.4 Å². The summed E-state index contributed by atoms with van der Waals surface area (Å²) in [7, 11) is -9.95. The fraction of sp³-hybridized carbons (Fsp3) is 0.802. The summed E-state index contributed by atoms with van der Waals surface area (Å²) in [4.78, 5) is 73.0. The van der Waals surface area contributed by atoms with Crippen LogP contribution in [0.1, 0.15) is 362 Å². The average Bonchev–Trinajstić information content (AvgIpc) is 1.01. The van der Waals surface area contributed by atoms with Crippen LogP contribution in [-0.4, -0.2) is 96.7 Å². The van der Waals surface area contributed by atoms with E-state index in [1.807, 2.05) is 0 Å². The maximum atomic E-state index is 13.1. The maximum absolute atomic E-state index is 13.1. The second-order valence-corrected chi connectivity index (χ2v) is 29.9. The molecule has 0 aromatic rings. The number of ether oxygens (including phenoxy) is 4. The van der Waals surface area contributed by atoms with Gasteiger partial charge in [0.2, 0.25) is 0 Å². The van der Waals surface area contributed by atoms with Crippen molar-refractivity contribution in [2.75, 3.05) is 39.6 Å². The van der Waals surface area contributed by atoms with E-state index in [0.717, 1.165) is 167 Å². The molecule has 0 bridgehead atoms. The Bertz CT molecular complexity index is 2180. The van der Waals surface area contributed by atoms with E-state index in [0.29, 0.717) is 25.7 Å². The second kappa shape index (κ2) is 73.8. The van der Waals surface area contributed by atoms with Crippen molar-refractivity contribution < 1.29 is 80.2 Å². The number of carbonyl (C=O) groups excluding carboxylic acids is 4. The molecule has 0 aromatic heterocycles. The fourth-order valence-corrected chi connectivity index (χ4v) is 12.5. The molecular formula is C81H146O17P2. The van der Waals surface area contributed by atoms with Crippen LogP contribution in [0.15, 0.2) is 72.9 Å². The lowest BCUT2D eigenvalue weighted by atomic mass is 10.1. The predicted molar refractivity (Wildman–Crippen MR) is 409 cm³/mol. The molecule has 0 aliphatic rings. The molecule has 17 nitrogen and oxygen atoms in total. The summed E-state index contributed by atoms with van der Waals surface area (Å²) in [5, 5.41) is 10.6. The minimum atomic E-state index is -4.98. The minimum absolute atomic E-state index is 0.0800. The third kappa shape index (κ3) is 72.8. The van der Waals surface area contributed by atoms with Crippen molar-refractivity contribution in [2.24, 2.45) is 0 Å². The lowest BCUT2D eigenvalue weighted by Crippen LogP contribution is -2.30. The quantitative estimate of drug-likeness (QED) is 0.0169. The van der Waals surface area contributed by atoms with Gasteiger partial charge in [-0.15, -0.1) is 0 Å². The van der Waals surface area contributed by atoms with Gasteiger partial charge < -0.3 is 33.8 Å². The summed E-state index contributed by atoms with van der Waals surface area (Å²) in [5.41, 5.74) is 0. The molecule has 0 aromatic carbocycles. The van der Waals surface area contributed by atoms with Crippen LogP contribution in [0.4, 0.5) is 0 Å². The number of esters is 4. The first-order chi connectivity index (χ1) is 48.7. The van der Waals surface area contributed by atoms with E-state index in [-0.39, 0.29) is 25.7 Å². The number of phosphoric ester groups is 2.